The first-order chi connectivity index (χ1) is 27.8. The third kappa shape index (κ3) is 26.4. The van der Waals surface area contributed by atoms with Crippen molar-refractivity contribution in [3.63, 3.8) is 0 Å². The van der Waals surface area contributed by atoms with Gasteiger partial charge in [-0.15, -0.1) is 0 Å². The molecule has 0 aliphatic heterocycles. The third-order valence-electron chi connectivity index (χ3n) is 11.4. The molecule has 344 valence electrons. The Hall–Kier alpha value is -0.960. The number of phosphoric ester groups is 1. The van der Waals surface area contributed by atoms with Crippen molar-refractivity contribution in [2.75, 3.05) is 6.61 Å². The minimum absolute atomic E-state index is 0.231. The fourth-order valence-corrected chi connectivity index (χ4v) is 8.49. The first-order valence-electron chi connectivity index (χ1n) is 23.2. The number of carbonyl (C=O) groups excluding carboxylic acids is 1. The Labute approximate surface area is 351 Å². The number of carbonyl (C=O) groups is 1. The minimum Gasteiger partial charge on any atom is -0.393 e. The van der Waals surface area contributed by atoms with Crippen molar-refractivity contribution in [2.24, 2.45) is 0 Å². The van der Waals surface area contributed by atoms with Crippen LogP contribution in [-0.4, -0.2) is 108 Å². The molecule has 8 unspecified atom stereocenters. The molecule has 1 aliphatic rings. The van der Waals surface area contributed by atoms with Crippen molar-refractivity contribution in [3.8, 4) is 0 Å². The molecule has 58 heavy (non-hydrogen) atoms. The number of rotatable bonds is 38. The van der Waals surface area contributed by atoms with E-state index in [1.807, 2.05) is 0 Å². The van der Waals surface area contributed by atoms with Crippen molar-refractivity contribution >= 4 is 13.7 Å². The van der Waals surface area contributed by atoms with Gasteiger partial charge in [-0.2, -0.15) is 0 Å². The van der Waals surface area contributed by atoms with Crippen LogP contribution in [0.15, 0.2) is 12.2 Å². The van der Waals surface area contributed by atoms with E-state index in [9.17, 15) is 50.0 Å². The van der Waals surface area contributed by atoms with Crippen molar-refractivity contribution in [3.05, 3.63) is 12.2 Å². The summed E-state index contributed by atoms with van der Waals surface area (Å²) in [6.07, 6.45) is 21.3. The Kier molecular flexibility index (Phi) is 32.9. The summed E-state index contributed by atoms with van der Waals surface area (Å²) in [5, 5.41) is 74.5. The molecule has 14 heteroatoms. The van der Waals surface area contributed by atoms with Gasteiger partial charge in [0.1, 0.15) is 36.6 Å². The Morgan fingerprint density at radius 3 is 1.47 bits per heavy atom. The molecule has 1 fully saturated rings. The van der Waals surface area contributed by atoms with Gasteiger partial charge in [0.25, 0.3) is 0 Å². The fraction of sp³-hybridized carbons (Fsp3) is 0.932. The van der Waals surface area contributed by atoms with E-state index >= 15 is 0 Å². The van der Waals surface area contributed by atoms with Crippen LogP contribution >= 0.6 is 7.82 Å². The normalized spacial score (nSPS) is 23.8. The molecule has 0 radical (unpaired) electrons. The maximum atomic E-state index is 13.0. The van der Waals surface area contributed by atoms with Crippen molar-refractivity contribution in [1.82, 2.24) is 5.32 Å². The molecule has 0 spiro atoms. The van der Waals surface area contributed by atoms with Crippen LogP contribution in [0.2, 0.25) is 0 Å². The third-order valence-corrected chi connectivity index (χ3v) is 12.4. The summed E-state index contributed by atoms with van der Waals surface area (Å²) in [6, 6.07) is -1.15. The van der Waals surface area contributed by atoms with E-state index in [2.05, 4.69) is 31.3 Å². The second-order valence-corrected chi connectivity index (χ2v) is 18.2. The first-order valence-corrected chi connectivity index (χ1v) is 24.7. The highest BCUT2D eigenvalue weighted by Crippen LogP contribution is 2.47. The van der Waals surface area contributed by atoms with E-state index < -0.39 is 75.2 Å². The molecule has 9 N–H and O–H groups in total. The monoisotopic (exact) mass is 852 g/mol. The SMILES string of the molecule is CCCC/C=C\CCCCCC(O)CC(=O)NC(COP(=O)(O)OC1C(O)C(O)C(O)C(O)C1O)C(O)CCCCCCCCCCCCCCCCCCCCC. The van der Waals surface area contributed by atoms with Gasteiger partial charge in [0.05, 0.1) is 31.3 Å². The second-order valence-electron chi connectivity index (χ2n) is 16.8. The highest BCUT2D eigenvalue weighted by Gasteiger charge is 2.51. The lowest BCUT2D eigenvalue weighted by Gasteiger charge is -2.41. The molecule has 13 nitrogen and oxygen atoms in total. The molecule has 1 rings (SSSR count). The zero-order valence-corrected chi connectivity index (χ0v) is 37.1. The fourth-order valence-electron chi connectivity index (χ4n) is 7.52. The number of aliphatic hydroxyl groups is 7. The summed E-state index contributed by atoms with van der Waals surface area (Å²) in [6.45, 7) is 3.73. The van der Waals surface area contributed by atoms with Crippen LogP contribution < -0.4 is 5.32 Å². The summed E-state index contributed by atoms with van der Waals surface area (Å²) in [7, 11) is -5.11. The minimum atomic E-state index is -5.11. The van der Waals surface area contributed by atoms with Crippen LogP contribution in [0.5, 0.6) is 0 Å². The van der Waals surface area contributed by atoms with E-state index in [1.165, 1.54) is 103 Å². The summed E-state index contributed by atoms with van der Waals surface area (Å²) < 4.78 is 22.9. The van der Waals surface area contributed by atoms with Crippen LogP contribution in [0.3, 0.4) is 0 Å². The van der Waals surface area contributed by atoms with Crippen LogP contribution in [-0.2, 0) is 18.4 Å². The number of unbranched alkanes of at least 4 members (excludes halogenated alkanes) is 23. The number of hydrogen-bond acceptors (Lipinski definition) is 11. The number of amides is 1. The Bertz CT molecular complexity index is 1050. The molecule has 1 amide bonds. The van der Waals surface area contributed by atoms with Gasteiger partial charge in [0, 0.05) is 0 Å². The van der Waals surface area contributed by atoms with E-state index in [4.69, 9.17) is 9.05 Å². The maximum Gasteiger partial charge on any atom is 0.472 e. The molecule has 0 aromatic heterocycles. The van der Waals surface area contributed by atoms with Crippen LogP contribution in [0.25, 0.3) is 0 Å². The highest BCUT2D eigenvalue weighted by molar-refractivity contribution is 7.47. The molecular formula is C44H86NO12P. The summed E-state index contributed by atoms with van der Waals surface area (Å²) in [5.41, 5.74) is 0. The second kappa shape index (κ2) is 34.6. The Balaban J connectivity index is 2.49. The summed E-state index contributed by atoms with van der Waals surface area (Å²) in [5.74, 6) is -0.570. The molecule has 0 bridgehead atoms. The Morgan fingerprint density at radius 1 is 0.586 bits per heavy atom. The standard InChI is InChI=1S/C44H86NO12P/c1-3-5-7-9-11-13-14-15-16-17-18-19-20-21-22-24-26-28-30-32-37(47)36(45-38(48)33-35(46)31-29-27-25-23-12-10-8-6-4-2)34-56-58(54,55)57-44-42(52)40(50)39(49)41(51)43(44)53/h10,12,35-37,39-44,46-47,49-53H,3-9,11,13-34H2,1-2H3,(H,45,48)(H,54,55)/b12-10-. The van der Waals surface area contributed by atoms with Crippen molar-refractivity contribution in [2.45, 2.75) is 255 Å². The average molecular weight is 852 g/mol. The predicted octanol–water partition coefficient (Wildman–Crippen LogP) is 7.42. The zero-order chi connectivity index (χ0) is 43.0. The number of allylic oxidation sites excluding steroid dienone is 2. The van der Waals surface area contributed by atoms with Gasteiger partial charge < -0.3 is 46.0 Å². The molecular weight excluding hydrogens is 765 g/mol. The lowest BCUT2D eigenvalue weighted by molar-refractivity contribution is -0.220. The van der Waals surface area contributed by atoms with Gasteiger partial charge in [-0.25, -0.2) is 4.57 Å². The van der Waals surface area contributed by atoms with Crippen LogP contribution in [0, 0.1) is 0 Å². The highest BCUT2D eigenvalue weighted by atomic mass is 31.2. The number of hydrogen-bond donors (Lipinski definition) is 9. The van der Waals surface area contributed by atoms with Gasteiger partial charge in [-0.3, -0.25) is 13.8 Å². The molecule has 0 heterocycles. The zero-order valence-electron chi connectivity index (χ0n) is 36.2. The first kappa shape index (κ1) is 55.1. The number of nitrogens with one attached hydrogen (secondary N) is 1. The summed E-state index contributed by atoms with van der Waals surface area (Å²) >= 11 is 0. The molecule has 0 saturated heterocycles. The average Bonchev–Trinajstić information content (AvgIpc) is 3.19. The van der Waals surface area contributed by atoms with Crippen molar-refractivity contribution < 1.29 is 59.0 Å². The molecule has 0 aromatic rings. The van der Waals surface area contributed by atoms with E-state index in [1.54, 1.807) is 0 Å². The molecule has 1 aliphatic carbocycles. The number of aliphatic hydroxyl groups excluding tert-OH is 7. The molecule has 0 aromatic carbocycles. The summed E-state index contributed by atoms with van der Waals surface area (Å²) in [4.78, 5) is 23.4. The lowest BCUT2D eigenvalue weighted by atomic mass is 9.85. The number of phosphoric acid groups is 1. The molecule has 1 saturated carbocycles. The van der Waals surface area contributed by atoms with E-state index in [-0.39, 0.29) is 12.8 Å². The van der Waals surface area contributed by atoms with Gasteiger partial charge in [0.2, 0.25) is 5.91 Å². The quantitative estimate of drug-likeness (QED) is 0.0168. The largest absolute Gasteiger partial charge is 0.472 e. The molecule has 8 atom stereocenters. The van der Waals surface area contributed by atoms with Gasteiger partial charge in [0.15, 0.2) is 0 Å². The lowest BCUT2D eigenvalue weighted by Crippen LogP contribution is -2.64. The smallest absolute Gasteiger partial charge is 0.393 e. The van der Waals surface area contributed by atoms with Crippen LogP contribution in [0.4, 0.5) is 0 Å². The topological polar surface area (TPSA) is 226 Å². The van der Waals surface area contributed by atoms with E-state index in [0.717, 1.165) is 57.8 Å². The maximum absolute atomic E-state index is 13.0. The van der Waals surface area contributed by atoms with Gasteiger partial charge in [-0.05, 0) is 32.1 Å². The van der Waals surface area contributed by atoms with Crippen LogP contribution in [0.1, 0.15) is 200 Å². The van der Waals surface area contributed by atoms with Gasteiger partial charge in [-0.1, -0.05) is 174 Å². The van der Waals surface area contributed by atoms with Gasteiger partial charge >= 0.3 is 7.82 Å². The van der Waals surface area contributed by atoms with E-state index in [0.29, 0.717) is 12.8 Å². The predicted molar refractivity (Wildman–Crippen MR) is 229 cm³/mol. The Morgan fingerprint density at radius 2 is 0.983 bits per heavy atom. The van der Waals surface area contributed by atoms with Crippen molar-refractivity contribution in [1.29, 1.82) is 0 Å².